The summed E-state index contributed by atoms with van der Waals surface area (Å²) in [5.74, 6) is 0.696. The van der Waals surface area contributed by atoms with Gasteiger partial charge in [0.2, 0.25) is 0 Å². The summed E-state index contributed by atoms with van der Waals surface area (Å²) >= 11 is 0. The van der Waals surface area contributed by atoms with Crippen molar-refractivity contribution in [3.05, 3.63) is 48.3 Å². The Labute approximate surface area is 107 Å². The first-order valence-electron chi connectivity index (χ1n) is 5.86. The molecule has 0 radical (unpaired) electrons. The highest BCUT2D eigenvalue weighted by atomic mass is 16.5. The number of ether oxygens (including phenoxy) is 1. The number of methoxy groups -OCH3 is 1. The summed E-state index contributed by atoms with van der Waals surface area (Å²) in [6, 6.07) is 9.70. The lowest BCUT2D eigenvalue weighted by Gasteiger charge is -2.09. The summed E-state index contributed by atoms with van der Waals surface area (Å²) in [4.78, 5) is 4.08. The molecule has 0 saturated carbocycles. The van der Waals surface area contributed by atoms with Gasteiger partial charge in [0.15, 0.2) is 0 Å². The molecule has 0 aliphatic heterocycles. The van der Waals surface area contributed by atoms with Crippen molar-refractivity contribution in [2.75, 3.05) is 24.7 Å². The largest absolute Gasteiger partial charge is 0.495 e. The van der Waals surface area contributed by atoms with Crippen LogP contribution in [-0.2, 0) is 6.42 Å². The van der Waals surface area contributed by atoms with Crippen LogP contribution in [0.25, 0.3) is 0 Å². The number of pyridine rings is 1. The van der Waals surface area contributed by atoms with E-state index in [1.54, 1.807) is 13.3 Å². The molecule has 94 valence electrons. The zero-order chi connectivity index (χ0) is 12.8. The summed E-state index contributed by atoms with van der Waals surface area (Å²) in [7, 11) is 1.62. The van der Waals surface area contributed by atoms with Gasteiger partial charge in [0.1, 0.15) is 5.75 Å². The molecule has 4 heteroatoms. The van der Waals surface area contributed by atoms with Crippen LogP contribution in [-0.4, -0.2) is 18.6 Å². The molecular formula is C14H17N3O. The monoisotopic (exact) mass is 243 g/mol. The SMILES string of the molecule is COc1cc(NCCc2cccnc2)ccc1N. The Kier molecular flexibility index (Phi) is 4.02. The Hall–Kier alpha value is -2.23. The third-order valence-electron chi connectivity index (χ3n) is 2.70. The minimum atomic E-state index is 0.648. The van der Waals surface area contributed by atoms with E-state index in [1.807, 2.05) is 30.5 Å². The van der Waals surface area contributed by atoms with Crippen LogP contribution in [0, 0.1) is 0 Å². The molecule has 1 aromatic carbocycles. The van der Waals surface area contributed by atoms with Crippen LogP contribution < -0.4 is 15.8 Å². The standard InChI is InChI=1S/C14H17N3O/c1-18-14-9-12(4-5-13(14)15)17-8-6-11-3-2-7-16-10-11/h2-5,7,9-10,17H,6,8,15H2,1H3. The molecule has 0 amide bonds. The highest BCUT2D eigenvalue weighted by molar-refractivity contribution is 5.61. The minimum absolute atomic E-state index is 0.648. The fourth-order valence-electron chi connectivity index (χ4n) is 1.72. The van der Waals surface area contributed by atoms with Gasteiger partial charge in [0.05, 0.1) is 12.8 Å². The molecule has 0 spiro atoms. The number of hydrogen-bond acceptors (Lipinski definition) is 4. The van der Waals surface area contributed by atoms with Crippen molar-refractivity contribution >= 4 is 11.4 Å². The lowest BCUT2D eigenvalue weighted by molar-refractivity contribution is 0.417. The lowest BCUT2D eigenvalue weighted by atomic mass is 10.2. The molecule has 0 atom stereocenters. The third-order valence-corrected chi connectivity index (χ3v) is 2.70. The molecule has 0 saturated heterocycles. The molecule has 2 rings (SSSR count). The fourth-order valence-corrected chi connectivity index (χ4v) is 1.72. The summed E-state index contributed by atoms with van der Waals surface area (Å²) < 4.78 is 5.18. The van der Waals surface area contributed by atoms with Crippen molar-refractivity contribution in [2.45, 2.75) is 6.42 Å². The van der Waals surface area contributed by atoms with Crippen LogP contribution in [0.1, 0.15) is 5.56 Å². The van der Waals surface area contributed by atoms with E-state index in [0.29, 0.717) is 11.4 Å². The van der Waals surface area contributed by atoms with Crippen LogP contribution in [0.15, 0.2) is 42.7 Å². The first-order valence-corrected chi connectivity index (χ1v) is 5.86. The van der Waals surface area contributed by atoms with Crippen molar-refractivity contribution in [2.24, 2.45) is 0 Å². The molecule has 3 N–H and O–H groups in total. The highest BCUT2D eigenvalue weighted by Crippen LogP contribution is 2.24. The van der Waals surface area contributed by atoms with Crippen molar-refractivity contribution in [1.29, 1.82) is 0 Å². The van der Waals surface area contributed by atoms with Gasteiger partial charge in [0, 0.05) is 30.7 Å². The second-order valence-corrected chi connectivity index (χ2v) is 3.99. The summed E-state index contributed by atoms with van der Waals surface area (Å²) in [6.45, 7) is 0.846. The molecule has 2 aromatic rings. The number of nitrogens with zero attached hydrogens (tertiary/aromatic N) is 1. The van der Waals surface area contributed by atoms with Gasteiger partial charge in [-0.3, -0.25) is 4.98 Å². The number of anilines is 2. The molecule has 18 heavy (non-hydrogen) atoms. The van der Waals surface area contributed by atoms with Crippen LogP contribution in [0.5, 0.6) is 5.75 Å². The highest BCUT2D eigenvalue weighted by Gasteiger charge is 2.00. The zero-order valence-corrected chi connectivity index (χ0v) is 10.4. The number of rotatable bonds is 5. The van der Waals surface area contributed by atoms with Crippen molar-refractivity contribution in [1.82, 2.24) is 4.98 Å². The van der Waals surface area contributed by atoms with Gasteiger partial charge in [-0.2, -0.15) is 0 Å². The first kappa shape index (κ1) is 12.2. The lowest BCUT2D eigenvalue weighted by Crippen LogP contribution is -2.05. The van der Waals surface area contributed by atoms with Crippen LogP contribution in [0.3, 0.4) is 0 Å². The summed E-state index contributed by atoms with van der Waals surface area (Å²) in [6.07, 6.45) is 4.59. The number of nitrogens with two attached hydrogens (primary N) is 1. The van der Waals surface area contributed by atoms with E-state index in [0.717, 1.165) is 18.7 Å². The van der Waals surface area contributed by atoms with E-state index in [1.165, 1.54) is 5.56 Å². The predicted molar refractivity (Wildman–Crippen MR) is 73.8 cm³/mol. The molecule has 0 bridgehead atoms. The van der Waals surface area contributed by atoms with Gasteiger partial charge in [-0.15, -0.1) is 0 Å². The second-order valence-electron chi connectivity index (χ2n) is 3.99. The normalized spacial score (nSPS) is 10.1. The van der Waals surface area contributed by atoms with Crippen LogP contribution >= 0.6 is 0 Å². The van der Waals surface area contributed by atoms with Gasteiger partial charge in [-0.1, -0.05) is 6.07 Å². The summed E-state index contributed by atoms with van der Waals surface area (Å²) in [5.41, 5.74) is 8.63. The minimum Gasteiger partial charge on any atom is -0.495 e. The first-order chi connectivity index (χ1) is 8.79. The van der Waals surface area contributed by atoms with Crippen LogP contribution in [0.4, 0.5) is 11.4 Å². The van der Waals surface area contributed by atoms with Gasteiger partial charge < -0.3 is 15.8 Å². The topological polar surface area (TPSA) is 60.2 Å². The molecule has 0 aliphatic carbocycles. The number of hydrogen-bond donors (Lipinski definition) is 2. The van der Waals surface area contributed by atoms with E-state index >= 15 is 0 Å². The molecule has 0 unspecified atom stereocenters. The Morgan fingerprint density at radius 1 is 1.33 bits per heavy atom. The molecule has 4 nitrogen and oxygen atoms in total. The second kappa shape index (κ2) is 5.91. The maximum absolute atomic E-state index is 5.76. The number of nitrogen functional groups attached to an aromatic ring is 1. The average molecular weight is 243 g/mol. The average Bonchev–Trinajstić information content (AvgIpc) is 2.42. The van der Waals surface area contributed by atoms with E-state index in [4.69, 9.17) is 10.5 Å². The van der Waals surface area contributed by atoms with Gasteiger partial charge in [-0.25, -0.2) is 0 Å². The van der Waals surface area contributed by atoms with Crippen LogP contribution in [0.2, 0.25) is 0 Å². The van der Waals surface area contributed by atoms with E-state index < -0.39 is 0 Å². The number of nitrogens with one attached hydrogen (secondary N) is 1. The van der Waals surface area contributed by atoms with Gasteiger partial charge in [0.25, 0.3) is 0 Å². The molecule has 1 aromatic heterocycles. The van der Waals surface area contributed by atoms with E-state index in [2.05, 4.69) is 16.4 Å². The fraction of sp³-hybridized carbons (Fsp3) is 0.214. The van der Waals surface area contributed by atoms with E-state index in [9.17, 15) is 0 Å². The molecule has 1 heterocycles. The third kappa shape index (κ3) is 3.13. The Morgan fingerprint density at radius 3 is 2.94 bits per heavy atom. The number of benzene rings is 1. The number of aromatic nitrogens is 1. The Bertz CT molecular complexity index is 500. The maximum atomic E-state index is 5.76. The van der Waals surface area contributed by atoms with Crippen molar-refractivity contribution in [3.8, 4) is 5.75 Å². The maximum Gasteiger partial charge on any atom is 0.143 e. The van der Waals surface area contributed by atoms with Crippen molar-refractivity contribution in [3.63, 3.8) is 0 Å². The quantitative estimate of drug-likeness (QED) is 0.791. The Morgan fingerprint density at radius 2 is 2.22 bits per heavy atom. The predicted octanol–water partition coefficient (Wildman–Crippen LogP) is 2.33. The Balaban J connectivity index is 1.91. The van der Waals surface area contributed by atoms with Gasteiger partial charge in [-0.05, 0) is 30.2 Å². The smallest absolute Gasteiger partial charge is 0.143 e. The molecular weight excluding hydrogens is 226 g/mol. The molecule has 0 aliphatic rings. The van der Waals surface area contributed by atoms with Crippen molar-refractivity contribution < 1.29 is 4.74 Å². The molecule has 0 fully saturated rings. The van der Waals surface area contributed by atoms with Gasteiger partial charge >= 0.3 is 0 Å². The summed E-state index contributed by atoms with van der Waals surface area (Å²) in [5, 5.41) is 3.33. The zero-order valence-electron chi connectivity index (χ0n) is 10.4. The van der Waals surface area contributed by atoms with E-state index in [-0.39, 0.29) is 0 Å².